The van der Waals surface area contributed by atoms with Crippen LogP contribution >= 0.6 is 11.3 Å². The summed E-state index contributed by atoms with van der Waals surface area (Å²) in [7, 11) is 0. The minimum absolute atomic E-state index is 0.129. The minimum atomic E-state index is -0.275. The Morgan fingerprint density at radius 1 is 1.26 bits per heavy atom. The maximum Gasteiger partial charge on any atom is 0.230 e. The van der Waals surface area contributed by atoms with E-state index in [4.69, 9.17) is 0 Å². The Morgan fingerprint density at radius 2 is 2.05 bits per heavy atom. The third-order valence-electron chi connectivity index (χ3n) is 3.04. The first-order valence-corrected chi connectivity index (χ1v) is 7.47. The molecule has 2 aromatic rings. The number of hydrogen-bond acceptors (Lipinski definition) is 3. The first-order valence-electron chi connectivity index (χ1n) is 6.65. The molecule has 3 heteroatoms. The molecule has 0 bridgehead atoms. The van der Waals surface area contributed by atoms with Gasteiger partial charge in [-0.15, -0.1) is 11.3 Å². The van der Waals surface area contributed by atoms with E-state index in [9.17, 15) is 9.90 Å². The van der Waals surface area contributed by atoms with E-state index < -0.39 is 0 Å². The van der Waals surface area contributed by atoms with Crippen LogP contribution in [0.1, 0.15) is 37.5 Å². The van der Waals surface area contributed by atoms with Crippen LogP contribution in [0, 0.1) is 0 Å². The fourth-order valence-electron chi connectivity index (χ4n) is 1.96. The van der Waals surface area contributed by atoms with Gasteiger partial charge in [0.05, 0.1) is 4.88 Å². The van der Waals surface area contributed by atoms with Crippen molar-refractivity contribution in [2.24, 2.45) is 0 Å². The molecule has 1 aromatic heterocycles. The van der Waals surface area contributed by atoms with E-state index in [1.165, 1.54) is 24.2 Å². The molecule has 0 amide bonds. The molecule has 0 saturated carbocycles. The highest BCUT2D eigenvalue weighted by atomic mass is 32.1. The number of benzene rings is 1. The molecule has 0 fully saturated rings. The maximum absolute atomic E-state index is 12.0. The lowest BCUT2D eigenvalue weighted by molar-refractivity contribution is 0.472. The van der Waals surface area contributed by atoms with Crippen LogP contribution in [0.5, 0.6) is 5.75 Å². The second kappa shape index (κ2) is 6.53. The van der Waals surface area contributed by atoms with Crippen LogP contribution in [0.25, 0.3) is 16.2 Å². The van der Waals surface area contributed by atoms with Crippen molar-refractivity contribution in [1.29, 1.82) is 0 Å². The Morgan fingerprint density at radius 3 is 2.84 bits per heavy atom. The van der Waals surface area contributed by atoms with Crippen LogP contribution in [-0.4, -0.2) is 5.11 Å². The van der Waals surface area contributed by atoms with E-state index >= 15 is 0 Å². The standard InChI is InChI=1S/C16H18O2S/c1-2-3-4-5-6-11-14-16(18)15(17)12-9-7-8-10-13(12)19-14/h6-11,18H,2-5H2,1H3/b11-6+. The number of fused-ring (bicyclic) bond motifs is 1. The fourth-order valence-corrected chi connectivity index (χ4v) is 2.97. The zero-order valence-corrected chi connectivity index (χ0v) is 11.9. The number of allylic oxidation sites excluding steroid dienone is 1. The molecular formula is C16H18O2S. The minimum Gasteiger partial charge on any atom is -0.503 e. The summed E-state index contributed by atoms with van der Waals surface area (Å²) in [6.07, 6.45) is 8.45. The molecule has 19 heavy (non-hydrogen) atoms. The molecule has 0 saturated heterocycles. The number of aromatic hydroxyl groups is 1. The van der Waals surface area contributed by atoms with Gasteiger partial charge in [-0.05, 0) is 31.1 Å². The average molecular weight is 274 g/mol. The van der Waals surface area contributed by atoms with Gasteiger partial charge in [0.15, 0.2) is 5.75 Å². The van der Waals surface area contributed by atoms with Gasteiger partial charge in [-0.25, -0.2) is 0 Å². The number of unbranched alkanes of at least 4 members (excludes halogenated alkanes) is 3. The Balaban J connectivity index is 2.29. The molecule has 100 valence electrons. The van der Waals surface area contributed by atoms with Gasteiger partial charge in [0.2, 0.25) is 5.43 Å². The topological polar surface area (TPSA) is 37.3 Å². The molecule has 1 heterocycles. The summed E-state index contributed by atoms with van der Waals surface area (Å²) in [5, 5.41) is 10.5. The number of hydrogen-bond donors (Lipinski definition) is 1. The van der Waals surface area contributed by atoms with E-state index in [1.54, 1.807) is 6.07 Å². The highest BCUT2D eigenvalue weighted by molar-refractivity contribution is 7.19. The molecule has 2 nitrogen and oxygen atoms in total. The second-order valence-electron chi connectivity index (χ2n) is 4.54. The van der Waals surface area contributed by atoms with Crippen molar-refractivity contribution in [1.82, 2.24) is 0 Å². The van der Waals surface area contributed by atoms with Gasteiger partial charge in [-0.2, -0.15) is 0 Å². The van der Waals surface area contributed by atoms with Gasteiger partial charge in [-0.1, -0.05) is 38.0 Å². The molecule has 0 aliphatic rings. The highest BCUT2D eigenvalue weighted by Gasteiger charge is 2.08. The van der Waals surface area contributed by atoms with Crippen molar-refractivity contribution in [2.75, 3.05) is 0 Å². The van der Waals surface area contributed by atoms with Crippen molar-refractivity contribution in [3.8, 4) is 5.75 Å². The molecule has 0 radical (unpaired) electrons. The quantitative estimate of drug-likeness (QED) is 0.811. The lowest BCUT2D eigenvalue weighted by atomic mass is 10.2. The Kier molecular flexibility index (Phi) is 4.74. The monoisotopic (exact) mass is 274 g/mol. The second-order valence-corrected chi connectivity index (χ2v) is 5.62. The Bertz CT molecular complexity index is 641. The Hall–Kier alpha value is -1.61. The lowest BCUT2D eigenvalue weighted by Gasteiger charge is -2.01. The van der Waals surface area contributed by atoms with Crippen molar-refractivity contribution in [2.45, 2.75) is 32.6 Å². The van der Waals surface area contributed by atoms with Crippen molar-refractivity contribution < 1.29 is 5.11 Å². The molecule has 1 N–H and O–H groups in total. The average Bonchev–Trinajstić information content (AvgIpc) is 2.44. The summed E-state index contributed by atoms with van der Waals surface area (Å²) >= 11 is 1.45. The Labute approximate surface area is 117 Å². The molecular weight excluding hydrogens is 256 g/mol. The SMILES string of the molecule is CCCCC/C=C/c1sc2ccccc2c(=O)c1O. The summed E-state index contributed by atoms with van der Waals surface area (Å²) in [6, 6.07) is 7.39. The van der Waals surface area contributed by atoms with Gasteiger partial charge in [-0.3, -0.25) is 4.79 Å². The summed E-state index contributed by atoms with van der Waals surface area (Å²) in [6.45, 7) is 2.17. The zero-order valence-electron chi connectivity index (χ0n) is 11.1. The zero-order chi connectivity index (χ0) is 13.7. The summed E-state index contributed by atoms with van der Waals surface area (Å²) in [5.41, 5.74) is -0.275. The molecule has 0 spiro atoms. The van der Waals surface area contributed by atoms with E-state index in [2.05, 4.69) is 6.92 Å². The largest absolute Gasteiger partial charge is 0.503 e. The van der Waals surface area contributed by atoms with Gasteiger partial charge in [0.1, 0.15) is 0 Å². The molecule has 0 atom stereocenters. The molecule has 0 unspecified atom stereocenters. The van der Waals surface area contributed by atoms with Crippen LogP contribution in [-0.2, 0) is 0 Å². The van der Waals surface area contributed by atoms with Crippen molar-refractivity contribution >= 4 is 27.5 Å². The molecule has 1 aromatic carbocycles. The fraction of sp³-hybridized carbons (Fsp3) is 0.312. The summed E-state index contributed by atoms with van der Waals surface area (Å²) in [4.78, 5) is 12.7. The molecule has 2 rings (SSSR count). The van der Waals surface area contributed by atoms with Crippen LogP contribution in [0.2, 0.25) is 0 Å². The lowest BCUT2D eigenvalue weighted by Crippen LogP contribution is -2.00. The molecule has 0 aliphatic carbocycles. The summed E-state index contributed by atoms with van der Waals surface area (Å²) in [5.74, 6) is -0.129. The first-order chi connectivity index (χ1) is 9.24. The number of rotatable bonds is 5. The van der Waals surface area contributed by atoms with Crippen LogP contribution in [0.4, 0.5) is 0 Å². The van der Waals surface area contributed by atoms with Gasteiger partial charge >= 0.3 is 0 Å². The molecule has 0 aliphatic heterocycles. The van der Waals surface area contributed by atoms with E-state index in [-0.39, 0.29) is 11.2 Å². The van der Waals surface area contributed by atoms with Crippen LogP contribution in [0.3, 0.4) is 0 Å². The normalized spacial score (nSPS) is 11.4. The van der Waals surface area contributed by atoms with Crippen LogP contribution < -0.4 is 5.43 Å². The van der Waals surface area contributed by atoms with E-state index in [1.807, 2.05) is 30.4 Å². The van der Waals surface area contributed by atoms with Gasteiger partial charge < -0.3 is 5.11 Å². The predicted molar refractivity (Wildman–Crippen MR) is 82.9 cm³/mol. The highest BCUT2D eigenvalue weighted by Crippen LogP contribution is 2.27. The van der Waals surface area contributed by atoms with Crippen molar-refractivity contribution in [3.63, 3.8) is 0 Å². The smallest absolute Gasteiger partial charge is 0.230 e. The van der Waals surface area contributed by atoms with Crippen molar-refractivity contribution in [3.05, 3.63) is 45.4 Å². The third-order valence-corrected chi connectivity index (χ3v) is 4.17. The van der Waals surface area contributed by atoms with E-state index in [0.29, 0.717) is 10.3 Å². The predicted octanol–water partition coefficient (Wildman–Crippen LogP) is 4.56. The van der Waals surface area contributed by atoms with Gasteiger partial charge in [0.25, 0.3) is 0 Å². The van der Waals surface area contributed by atoms with Crippen LogP contribution in [0.15, 0.2) is 35.1 Å². The maximum atomic E-state index is 12.0. The third kappa shape index (κ3) is 3.24. The first kappa shape index (κ1) is 13.8. The summed E-state index contributed by atoms with van der Waals surface area (Å²) < 4.78 is 0.915. The van der Waals surface area contributed by atoms with E-state index in [0.717, 1.165) is 17.5 Å². The van der Waals surface area contributed by atoms with Gasteiger partial charge in [0, 0.05) is 10.1 Å².